The van der Waals surface area contributed by atoms with Gasteiger partial charge >= 0.3 is 0 Å². The fraction of sp³-hybridized carbons (Fsp3) is 1.00. The first-order chi connectivity index (χ1) is 18.4. The van der Waals surface area contributed by atoms with E-state index in [4.69, 9.17) is 0 Å². The second-order valence-electron chi connectivity index (χ2n) is 15.7. The van der Waals surface area contributed by atoms with Crippen molar-refractivity contribution in [1.82, 2.24) is 4.90 Å². The Morgan fingerprint density at radius 1 is 0.270 bits per heavy atom. The first-order valence-electron chi connectivity index (χ1n) is 18.2. The molecule has 0 heterocycles. The summed E-state index contributed by atoms with van der Waals surface area (Å²) in [5.74, 6) is 8.78. The summed E-state index contributed by atoms with van der Waals surface area (Å²) in [6, 6.07) is 2.88. The van der Waals surface area contributed by atoms with Gasteiger partial charge in [0, 0.05) is 18.1 Å². The molecule has 0 aromatic heterocycles. The Morgan fingerprint density at radius 2 is 0.676 bits per heavy atom. The van der Waals surface area contributed by atoms with Crippen LogP contribution in [0.25, 0.3) is 0 Å². The fourth-order valence-electron chi connectivity index (χ4n) is 12.8. The molecule has 7 saturated carbocycles. The molecule has 0 aromatic rings. The Balaban J connectivity index is 1.13. The summed E-state index contributed by atoms with van der Waals surface area (Å²) in [5, 5.41) is 0. The van der Waals surface area contributed by atoms with Gasteiger partial charge in [-0.15, -0.1) is 0 Å². The average Bonchev–Trinajstić information content (AvgIpc) is 3.61. The maximum Gasteiger partial charge on any atom is 0.0132 e. The van der Waals surface area contributed by atoms with Crippen LogP contribution in [0.4, 0.5) is 0 Å². The van der Waals surface area contributed by atoms with Crippen LogP contribution in [0.1, 0.15) is 161 Å². The van der Waals surface area contributed by atoms with Crippen LogP contribution in [0, 0.1) is 47.3 Å². The molecule has 210 valence electrons. The van der Waals surface area contributed by atoms with Gasteiger partial charge in [-0.2, -0.15) is 0 Å². The minimum atomic E-state index is 0.948. The van der Waals surface area contributed by atoms with Crippen LogP contribution in [-0.4, -0.2) is 23.0 Å². The maximum atomic E-state index is 3.42. The topological polar surface area (TPSA) is 3.24 Å². The summed E-state index contributed by atoms with van der Waals surface area (Å²) in [4.78, 5) is 3.42. The first kappa shape index (κ1) is 25.9. The number of hydrogen-bond acceptors (Lipinski definition) is 1. The molecule has 0 N–H and O–H groups in total. The van der Waals surface area contributed by atoms with E-state index in [1.807, 2.05) is 0 Å². The van der Waals surface area contributed by atoms with E-state index in [0.717, 1.165) is 65.5 Å². The van der Waals surface area contributed by atoms with Gasteiger partial charge in [-0.25, -0.2) is 0 Å². The summed E-state index contributed by atoms with van der Waals surface area (Å²) in [5.41, 5.74) is 0. The van der Waals surface area contributed by atoms with Gasteiger partial charge in [-0.3, -0.25) is 4.90 Å². The summed E-state index contributed by atoms with van der Waals surface area (Å²) in [7, 11) is 0. The second kappa shape index (κ2) is 11.8. The van der Waals surface area contributed by atoms with Gasteiger partial charge in [-0.1, -0.05) is 96.3 Å². The zero-order valence-electron chi connectivity index (χ0n) is 24.5. The van der Waals surface area contributed by atoms with Crippen molar-refractivity contribution in [1.29, 1.82) is 0 Å². The van der Waals surface area contributed by atoms with Crippen molar-refractivity contribution >= 4 is 0 Å². The normalized spacial score (nSPS) is 44.7. The zero-order valence-corrected chi connectivity index (χ0v) is 24.5. The third-order valence-corrected chi connectivity index (χ3v) is 14.2. The summed E-state index contributed by atoms with van der Waals surface area (Å²) < 4.78 is 0. The van der Waals surface area contributed by atoms with Gasteiger partial charge in [0.1, 0.15) is 0 Å². The molecule has 7 rings (SSSR count). The van der Waals surface area contributed by atoms with E-state index in [0.29, 0.717) is 0 Å². The van der Waals surface area contributed by atoms with Gasteiger partial charge in [0.15, 0.2) is 0 Å². The third kappa shape index (κ3) is 5.12. The van der Waals surface area contributed by atoms with E-state index in [1.54, 1.807) is 128 Å². The highest BCUT2D eigenvalue weighted by atomic mass is 15.2. The molecule has 8 unspecified atom stereocenters. The van der Waals surface area contributed by atoms with Crippen molar-refractivity contribution in [2.24, 2.45) is 47.3 Å². The van der Waals surface area contributed by atoms with E-state index in [2.05, 4.69) is 4.90 Å². The van der Waals surface area contributed by atoms with E-state index in [9.17, 15) is 0 Å². The molecule has 0 aromatic carbocycles. The molecule has 7 fully saturated rings. The quantitative estimate of drug-likeness (QED) is 0.358. The van der Waals surface area contributed by atoms with E-state index in [1.165, 1.54) is 32.1 Å². The minimum absolute atomic E-state index is 0.948. The molecule has 0 bridgehead atoms. The molecule has 1 nitrogen and oxygen atoms in total. The van der Waals surface area contributed by atoms with Crippen LogP contribution in [-0.2, 0) is 0 Å². The van der Waals surface area contributed by atoms with Crippen LogP contribution >= 0.6 is 0 Å². The maximum absolute atomic E-state index is 3.42. The highest BCUT2D eigenvalue weighted by Crippen LogP contribution is 2.57. The molecule has 0 aliphatic heterocycles. The number of rotatable bonds is 5. The Labute approximate surface area is 230 Å². The molecule has 0 amide bonds. The summed E-state index contributed by atoms with van der Waals surface area (Å²) in [6.07, 6.45) is 39.1. The molecule has 1 heteroatoms. The molecule has 7 aliphatic rings. The molecular formula is C36H61N. The highest BCUT2D eigenvalue weighted by Gasteiger charge is 2.52. The van der Waals surface area contributed by atoms with Crippen molar-refractivity contribution in [3.63, 3.8) is 0 Å². The van der Waals surface area contributed by atoms with Gasteiger partial charge < -0.3 is 0 Å². The standard InChI is InChI=1S/C36H61N/c1-4-12-26(13-5-1)29-22-24-33-31(29)18-10-20-35(33)37(28-16-8-3-9-17-28)36-21-11-19-32-30(23-25-34(32)36)27-14-6-2-7-15-27/h26-36H,1-25H2. The lowest BCUT2D eigenvalue weighted by atomic mass is 9.66. The van der Waals surface area contributed by atoms with Gasteiger partial charge in [-0.05, 0) is 112 Å². The Kier molecular flexibility index (Phi) is 8.28. The smallest absolute Gasteiger partial charge is 0.0132 e. The van der Waals surface area contributed by atoms with Crippen LogP contribution in [0.15, 0.2) is 0 Å². The molecule has 37 heavy (non-hydrogen) atoms. The third-order valence-electron chi connectivity index (χ3n) is 14.2. The van der Waals surface area contributed by atoms with Gasteiger partial charge in [0.2, 0.25) is 0 Å². The molecular weight excluding hydrogens is 446 g/mol. The van der Waals surface area contributed by atoms with Gasteiger partial charge in [0.05, 0.1) is 0 Å². The Bertz CT molecular complexity index is 660. The average molecular weight is 508 g/mol. The lowest BCUT2D eigenvalue weighted by Crippen LogP contribution is -2.58. The van der Waals surface area contributed by atoms with Crippen LogP contribution in [0.2, 0.25) is 0 Å². The van der Waals surface area contributed by atoms with Crippen LogP contribution < -0.4 is 0 Å². The van der Waals surface area contributed by atoms with E-state index >= 15 is 0 Å². The molecule has 0 radical (unpaired) electrons. The summed E-state index contributed by atoms with van der Waals surface area (Å²) in [6.45, 7) is 0. The Morgan fingerprint density at radius 3 is 1.14 bits per heavy atom. The van der Waals surface area contributed by atoms with Crippen molar-refractivity contribution in [3.05, 3.63) is 0 Å². The summed E-state index contributed by atoms with van der Waals surface area (Å²) >= 11 is 0. The van der Waals surface area contributed by atoms with Gasteiger partial charge in [0.25, 0.3) is 0 Å². The molecule has 0 spiro atoms. The first-order valence-corrected chi connectivity index (χ1v) is 18.2. The highest BCUT2D eigenvalue weighted by molar-refractivity contribution is 5.05. The number of nitrogens with zero attached hydrogens (tertiary/aromatic N) is 1. The van der Waals surface area contributed by atoms with Crippen molar-refractivity contribution in [2.75, 3.05) is 0 Å². The predicted octanol–water partition coefficient (Wildman–Crippen LogP) is 10.2. The Hall–Kier alpha value is -0.0400. The van der Waals surface area contributed by atoms with Crippen molar-refractivity contribution in [3.8, 4) is 0 Å². The molecule has 8 atom stereocenters. The van der Waals surface area contributed by atoms with E-state index < -0.39 is 0 Å². The molecule has 7 aliphatic carbocycles. The lowest BCUT2D eigenvalue weighted by molar-refractivity contribution is -0.0514. The number of fused-ring (bicyclic) bond motifs is 2. The van der Waals surface area contributed by atoms with E-state index in [-0.39, 0.29) is 0 Å². The van der Waals surface area contributed by atoms with Crippen LogP contribution in [0.5, 0.6) is 0 Å². The van der Waals surface area contributed by atoms with Crippen molar-refractivity contribution < 1.29 is 0 Å². The molecule has 0 saturated heterocycles. The predicted molar refractivity (Wildman–Crippen MR) is 157 cm³/mol. The van der Waals surface area contributed by atoms with Crippen molar-refractivity contribution in [2.45, 2.75) is 179 Å². The number of hydrogen-bond donors (Lipinski definition) is 0. The zero-order chi connectivity index (χ0) is 24.6. The lowest BCUT2D eigenvalue weighted by Gasteiger charge is -2.54. The SMILES string of the molecule is C1CCC(C2CCC3C2CCCC3N(C2CCCCC2)C2CCCC3C(C4CCCCC4)CCC32)CC1. The van der Waals surface area contributed by atoms with Crippen LogP contribution in [0.3, 0.4) is 0 Å². The monoisotopic (exact) mass is 507 g/mol. The minimum Gasteiger partial charge on any atom is -0.294 e. The second-order valence-corrected chi connectivity index (χ2v) is 15.7. The fourth-order valence-corrected chi connectivity index (χ4v) is 12.8. The largest absolute Gasteiger partial charge is 0.294 e.